The van der Waals surface area contributed by atoms with E-state index in [4.69, 9.17) is 4.74 Å². The van der Waals surface area contributed by atoms with E-state index in [1.165, 1.54) is 16.7 Å². The minimum Gasteiger partial charge on any atom is -0.444 e. The first-order chi connectivity index (χ1) is 12.4. The van der Waals surface area contributed by atoms with Gasteiger partial charge >= 0.3 is 6.09 Å². The van der Waals surface area contributed by atoms with E-state index in [0.29, 0.717) is 25.9 Å². The van der Waals surface area contributed by atoms with E-state index in [0.717, 1.165) is 0 Å². The number of nitrogens with one attached hydrogen (secondary N) is 1. The van der Waals surface area contributed by atoms with Crippen molar-refractivity contribution in [1.82, 2.24) is 15.1 Å². The number of carbonyl (C=O) groups is 3. The van der Waals surface area contributed by atoms with Gasteiger partial charge in [0.25, 0.3) is 5.91 Å². The largest absolute Gasteiger partial charge is 0.444 e. The average molecular weight is 383 g/mol. The molecule has 0 aromatic heterocycles. The SMILES string of the molecule is CC(C)CNC(=O)C(C(C)O)N1CC2(CCCN2C(=O)OC(C)(C)C)C1=O. The highest BCUT2D eigenvalue weighted by Crippen LogP contribution is 2.41. The second-order valence-corrected chi connectivity index (χ2v) is 9.02. The molecule has 2 heterocycles. The zero-order chi connectivity index (χ0) is 20.6. The zero-order valence-corrected chi connectivity index (χ0v) is 17.2. The lowest BCUT2D eigenvalue weighted by atomic mass is 9.83. The van der Waals surface area contributed by atoms with Gasteiger partial charge in [-0.2, -0.15) is 0 Å². The normalized spacial score (nSPS) is 24.8. The van der Waals surface area contributed by atoms with Crippen LogP contribution in [0.2, 0.25) is 0 Å². The quantitative estimate of drug-likeness (QED) is 0.693. The first-order valence-electron chi connectivity index (χ1n) is 9.66. The summed E-state index contributed by atoms with van der Waals surface area (Å²) < 4.78 is 5.44. The Morgan fingerprint density at radius 3 is 2.41 bits per heavy atom. The van der Waals surface area contributed by atoms with Gasteiger partial charge in [-0.3, -0.25) is 14.5 Å². The van der Waals surface area contributed by atoms with Gasteiger partial charge in [0.2, 0.25) is 5.91 Å². The van der Waals surface area contributed by atoms with Crippen LogP contribution in [0.15, 0.2) is 0 Å². The highest BCUT2D eigenvalue weighted by molar-refractivity contribution is 5.99. The van der Waals surface area contributed by atoms with Crippen LogP contribution >= 0.6 is 0 Å². The number of likely N-dealkylation sites (tertiary alicyclic amines) is 2. The topological polar surface area (TPSA) is 99.2 Å². The predicted octanol–water partition coefficient (Wildman–Crippen LogP) is 1.12. The van der Waals surface area contributed by atoms with E-state index >= 15 is 0 Å². The van der Waals surface area contributed by atoms with Crippen LogP contribution in [0.3, 0.4) is 0 Å². The third-order valence-electron chi connectivity index (χ3n) is 4.94. The van der Waals surface area contributed by atoms with E-state index in [1.54, 1.807) is 20.8 Å². The molecule has 3 unspecified atom stereocenters. The molecule has 3 amide bonds. The molecule has 0 aromatic rings. The first kappa shape index (κ1) is 21.5. The summed E-state index contributed by atoms with van der Waals surface area (Å²) in [5.41, 5.74) is -1.60. The Kier molecular flexibility index (Phi) is 6.09. The van der Waals surface area contributed by atoms with Gasteiger partial charge in [0.05, 0.1) is 12.6 Å². The monoisotopic (exact) mass is 383 g/mol. The Labute approximate surface area is 161 Å². The summed E-state index contributed by atoms with van der Waals surface area (Å²) in [5.74, 6) is -0.403. The smallest absolute Gasteiger partial charge is 0.411 e. The second kappa shape index (κ2) is 7.66. The maximum atomic E-state index is 13.0. The molecule has 0 radical (unpaired) electrons. The van der Waals surface area contributed by atoms with Crippen LogP contribution in [0.4, 0.5) is 4.79 Å². The van der Waals surface area contributed by atoms with Gasteiger partial charge < -0.3 is 20.1 Å². The van der Waals surface area contributed by atoms with E-state index in [2.05, 4.69) is 5.32 Å². The van der Waals surface area contributed by atoms with Crippen molar-refractivity contribution in [3.05, 3.63) is 0 Å². The van der Waals surface area contributed by atoms with Crippen molar-refractivity contribution in [2.24, 2.45) is 5.92 Å². The molecule has 2 saturated heterocycles. The fraction of sp³-hybridized carbons (Fsp3) is 0.842. The Hall–Kier alpha value is -1.83. The van der Waals surface area contributed by atoms with Gasteiger partial charge in [0, 0.05) is 13.1 Å². The van der Waals surface area contributed by atoms with Crippen molar-refractivity contribution < 1.29 is 24.2 Å². The van der Waals surface area contributed by atoms with Crippen LogP contribution in [0.5, 0.6) is 0 Å². The number of aliphatic hydroxyl groups excluding tert-OH is 1. The number of rotatable bonds is 5. The molecule has 8 heteroatoms. The van der Waals surface area contributed by atoms with Crippen LogP contribution in [0.1, 0.15) is 54.4 Å². The molecule has 27 heavy (non-hydrogen) atoms. The zero-order valence-electron chi connectivity index (χ0n) is 17.2. The number of amides is 3. The molecule has 154 valence electrons. The Bertz CT molecular complexity index is 599. The summed E-state index contributed by atoms with van der Waals surface area (Å²) in [5, 5.41) is 12.9. The average Bonchev–Trinajstić information content (AvgIpc) is 2.97. The molecule has 2 fully saturated rings. The lowest BCUT2D eigenvalue weighted by molar-refractivity contribution is -0.171. The van der Waals surface area contributed by atoms with E-state index in [-0.39, 0.29) is 24.3 Å². The lowest BCUT2D eigenvalue weighted by Crippen LogP contribution is -2.77. The van der Waals surface area contributed by atoms with Crippen molar-refractivity contribution in [3.63, 3.8) is 0 Å². The number of ether oxygens (including phenoxy) is 1. The third kappa shape index (κ3) is 4.36. The maximum absolute atomic E-state index is 13.0. The minimum absolute atomic E-state index is 0.232. The minimum atomic E-state index is -1.00. The highest BCUT2D eigenvalue weighted by Gasteiger charge is 2.62. The molecule has 2 N–H and O–H groups in total. The van der Waals surface area contributed by atoms with Crippen molar-refractivity contribution in [2.45, 2.75) is 77.7 Å². The molecule has 2 rings (SSSR count). The predicted molar refractivity (Wildman–Crippen MR) is 99.9 cm³/mol. The van der Waals surface area contributed by atoms with E-state index < -0.39 is 29.4 Å². The van der Waals surface area contributed by atoms with Crippen molar-refractivity contribution in [1.29, 1.82) is 0 Å². The molecule has 0 saturated carbocycles. The molecular weight excluding hydrogens is 350 g/mol. The first-order valence-corrected chi connectivity index (χ1v) is 9.66. The number of hydrogen-bond donors (Lipinski definition) is 2. The number of carbonyl (C=O) groups excluding carboxylic acids is 3. The third-order valence-corrected chi connectivity index (χ3v) is 4.94. The van der Waals surface area contributed by atoms with Crippen LogP contribution in [0.25, 0.3) is 0 Å². The summed E-state index contributed by atoms with van der Waals surface area (Å²) in [4.78, 5) is 41.0. The number of aliphatic hydroxyl groups is 1. The number of β-lactam (4-membered cyclic amide) rings is 1. The molecule has 2 aliphatic rings. The van der Waals surface area contributed by atoms with E-state index in [1.807, 2.05) is 13.8 Å². The number of hydrogen-bond acceptors (Lipinski definition) is 5. The van der Waals surface area contributed by atoms with Gasteiger partial charge in [-0.05, 0) is 46.5 Å². The van der Waals surface area contributed by atoms with Gasteiger partial charge in [-0.15, -0.1) is 0 Å². The molecule has 0 bridgehead atoms. The van der Waals surface area contributed by atoms with Gasteiger partial charge in [0.1, 0.15) is 17.2 Å². The van der Waals surface area contributed by atoms with Crippen LogP contribution in [-0.2, 0) is 14.3 Å². The summed E-state index contributed by atoms with van der Waals surface area (Å²) in [6, 6.07) is -0.956. The molecule has 1 spiro atoms. The molecule has 2 aliphatic heterocycles. The van der Waals surface area contributed by atoms with Crippen LogP contribution in [-0.4, -0.2) is 75.7 Å². The summed E-state index contributed by atoms with van der Waals surface area (Å²) >= 11 is 0. The standard InChI is InChI=1S/C19H33N3O5/c1-12(2)10-20-15(24)14(13(3)23)21-11-19(16(21)25)8-7-9-22(19)17(26)27-18(4,5)6/h12-14,23H,7-11H2,1-6H3,(H,20,24). The highest BCUT2D eigenvalue weighted by atomic mass is 16.6. The van der Waals surface area contributed by atoms with Crippen molar-refractivity contribution in [2.75, 3.05) is 19.6 Å². The van der Waals surface area contributed by atoms with Gasteiger partial charge in [0.15, 0.2) is 0 Å². The van der Waals surface area contributed by atoms with Crippen LogP contribution in [0, 0.1) is 5.92 Å². The second-order valence-electron chi connectivity index (χ2n) is 9.02. The molecule has 0 aliphatic carbocycles. The van der Waals surface area contributed by atoms with Crippen molar-refractivity contribution >= 4 is 17.9 Å². The Morgan fingerprint density at radius 1 is 1.30 bits per heavy atom. The summed E-state index contributed by atoms with van der Waals surface area (Å²) in [7, 11) is 0. The molecule has 0 aromatic carbocycles. The molecule has 8 nitrogen and oxygen atoms in total. The molecule has 3 atom stereocenters. The van der Waals surface area contributed by atoms with E-state index in [9.17, 15) is 19.5 Å². The fourth-order valence-electron chi connectivity index (χ4n) is 3.70. The Morgan fingerprint density at radius 2 is 1.93 bits per heavy atom. The fourth-order valence-corrected chi connectivity index (χ4v) is 3.70. The lowest BCUT2D eigenvalue weighted by Gasteiger charge is -2.53. The Balaban J connectivity index is 2.12. The number of nitrogens with zero attached hydrogens (tertiary/aromatic N) is 2. The van der Waals surface area contributed by atoms with Gasteiger partial charge in [-0.25, -0.2) is 4.79 Å². The van der Waals surface area contributed by atoms with Gasteiger partial charge in [-0.1, -0.05) is 13.8 Å². The summed E-state index contributed by atoms with van der Waals surface area (Å²) in [6.45, 7) is 11.9. The molecular formula is C19H33N3O5. The van der Waals surface area contributed by atoms with Crippen molar-refractivity contribution in [3.8, 4) is 0 Å². The van der Waals surface area contributed by atoms with Crippen LogP contribution < -0.4 is 5.32 Å². The maximum Gasteiger partial charge on any atom is 0.411 e. The summed E-state index contributed by atoms with van der Waals surface area (Å²) in [6.07, 6.45) is -0.264.